The minimum Gasteiger partial charge on any atom is -0.320 e. The zero-order chi connectivity index (χ0) is 12.7. The monoisotopic (exact) mass is 252 g/mol. The summed E-state index contributed by atoms with van der Waals surface area (Å²) in [6.07, 6.45) is -0.372. The first-order valence-electron chi connectivity index (χ1n) is 6.47. The van der Waals surface area contributed by atoms with Crippen LogP contribution in [0.4, 0.5) is 13.2 Å². The maximum absolute atomic E-state index is 12.8. The standard InChI is InChI=1S/C12H23F3N2/c1-16-7-4-8-17-9-10-5-2-3-6-11(10)12(13,14)15/h10-11,16-17H,2-9H2,1H3. The van der Waals surface area contributed by atoms with Crippen LogP contribution in [0.3, 0.4) is 0 Å². The average Bonchev–Trinajstić information content (AvgIpc) is 2.28. The molecule has 1 fully saturated rings. The van der Waals surface area contributed by atoms with Crippen molar-refractivity contribution in [2.24, 2.45) is 11.8 Å². The van der Waals surface area contributed by atoms with E-state index >= 15 is 0 Å². The van der Waals surface area contributed by atoms with Crippen molar-refractivity contribution in [2.75, 3.05) is 26.7 Å². The molecular weight excluding hydrogens is 229 g/mol. The van der Waals surface area contributed by atoms with Gasteiger partial charge >= 0.3 is 6.18 Å². The largest absolute Gasteiger partial charge is 0.392 e. The highest BCUT2D eigenvalue weighted by Gasteiger charge is 2.44. The number of rotatable bonds is 6. The Morgan fingerprint density at radius 1 is 1.12 bits per heavy atom. The molecule has 0 aliphatic heterocycles. The molecule has 2 unspecified atom stereocenters. The van der Waals surface area contributed by atoms with Gasteiger partial charge in [-0.2, -0.15) is 13.2 Å². The molecule has 0 aromatic rings. The van der Waals surface area contributed by atoms with Crippen molar-refractivity contribution in [1.29, 1.82) is 0 Å². The van der Waals surface area contributed by atoms with E-state index in [1.807, 2.05) is 7.05 Å². The number of halogens is 3. The van der Waals surface area contributed by atoms with Gasteiger partial charge in [0.05, 0.1) is 5.92 Å². The predicted octanol–water partition coefficient (Wildman–Crippen LogP) is 2.55. The van der Waals surface area contributed by atoms with Crippen LogP contribution in [0.1, 0.15) is 32.1 Å². The van der Waals surface area contributed by atoms with Gasteiger partial charge in [0.1, 0.15) is 0 Å². The lowest BCUT2D eigenvalue weighted by atomic mass is 9.78. The van der Waals surface area contributed by atoms with Crippen LogP contribution in [0.5, 0.6) is 0 Å². The van der Waals surface area contributed by atoms with Crippen molar-refractivity contribution in [2.45, 2.75) is 38.3 Å². The van der Waals surface area contributed by atoms with Gasteiger partial charge in [0.2, 0.25) is 0 Å². The molecule has 102 valence electrons. The molecule has 0 aromatic carbocycles. The number of alkyl halides is 3. The molecule has 2 nitrogen and oxygen atoms in total. The first kappa shape index (κ1) is 14.8. The first-order valence-corrected chi connectivity index (χ1v) is 6.47. The van der Waals surface area contributed by atoms with E-state index in [4.69, 9.17) is 0 Å². The molecule has 1 saturated carbocycles. The highest BCUT2D eigenvalue weighted by Crippen LogP contribution is 2.41. The van der Waals surface area contributed by atoms with Gasteiger partial charge in [0, 0.05) is 0 Å². The Labute approximate surface area is 101 Å². The quantitative estimate of drug-likeness (QED) is 0.710. The summed E-state index contributed by atoms with van der Waals surface area (Å²) in [5.41, 5.74) is 0. The van der Waals surface area contributed by atoms with E-state index < -0.39 is 12.1 Å². The zero-order valence-corrected chi connectivity index (χ0v) is 10.4. The second-order valence-corrected chi connectivity index (χ2v) is 4.85. The van der Waals surface area contributed by atoms with E-state index in [0.29, 0.717) is 19.4 Å². The van der Waals surface area contributed by atoms with Crippen molar-refractivity contribution >= 4 is 0 Å². The van der Waals surface area contributed by atoms with E-state index in [-0.39, 0.29) is 5.92 Å². The lowest BCUT2D eigenvalue weighted by Crippen LogP contribution is -2.38. The summed E-state index contributed by atoms with van der Waals surface area (Å²) < 4.78 is 38.4. The fourth-order valence-electron chi connectivity index (χ4n) is 2.56. The van der Waals surface area contributed by atoms with Crippen molar-refractivity contribution in [3.63, 3.8) is 0 Å². The topological polar surface area (TPSA) is 24.1 Å². The molecule has 2 atom stereocenters. The van der Waals surface area contributed by atoms with E-state index in [0.717, 1.165) is 32.4 Å². The van der Waals surface area contributed by atoms with Gasteiger partial charge in [-0.3, -0.25) is 0 Å². The molecule has 1 aliphatic rings. The summed E-state index contributed by atoms with van der Waals surface area (Å²) in [6.45, 7) is 2.20. The van der Waals surface area contributed by atoms with Gasteiger partial charge in [0.25, 0.3) is 0 Å². The van der Waals surface area contributed by atoms with Gasteiger partial charge in [-0.25, -0.2) is 0 Å². The van der Waals surface area contributed by atoms with Crippen LogP contribution >= 0.6 is 0 Å². The van der Waals surface area contributed by atoms with Gasteiger partial charge in [0.15, 0.2) is 0 Å². The fraction of sp³-hybridized carbons (Fsp3) is 1.00. The Balaban J connectivity index is 2.28. The first-order chi connectivity index (χ1) is 8.05. The number of hydrogen-bond acceptors (Lipinski definition) is 2. The fourth-order valence-corrected chi connectivity index (χ4v) is 2.56. The molecule has 2 N–H and O–H groups in total. The molecule has 0 radical (unpaired) electrons. The lowest BCUT2D eigenvalue weighted by molar-refractivity contribution is -0.195. The lowest BCUT2D eigenvalue weighted by Gasteiger charge is -2.33. The third kappa shape index (κ3) is 5.25. The second-order valence-electron chi connectivity index (χ2n) is 4.85. The Hall–Kier alpha value is -0.290. The summed E-state index contributed by atoms with van der Waals surface area (Å²) in [6, 6.07) is 0. The van der Waals surface area contributed by atoms with Crippen LogP contribution in [0.2, 0.25) is 0 Å². The second kappa shape index (κ2) is 7.21. The maximum atomic E-state index is 12.8. The molecule has 17 heavy (non-hydrogen) atoms. The normalized spacial score (nSPS) is 26.1. The summed E-state index contributed by atoms with van der Waals surface area (Å²) >= 11 is 0. The Bertz CT molecular complexity index is 206. The molecule has 0 saturated heterocycles. The van der Waals surface area contributed by atoms with Crippen molar-refractivity contribution in [1.82, 2.24) is 10.6 Å². The summed E-state index contributed by atoms with van der Waals surface area (Å²) in [5, 5.41) is 6.17. The summed E-state index contributed by atoms with van der Waals surface area (Å²) in [7, 11) is 1.88. The van der Waals surface area contributed by atoms with E-state index in [9.17, 15) is 13.2 Å². The minimum absolute atomic E-state index is 0.224. The molecule has 0 heterocycles. The van der Waals surface area contributed by atoms with Crippen molar-refractivity contribution in [3.8, 4) is 0 Å². The molecule has 5 heteroatoms. The van der Waals surface area contributed by atoms with E-state index in [1.54, 1.807) is 0 Å². The predicted molar refractivity (Wildman–Crippen MR) is 62.9 cm³/mol. The summed E-state index contributed by atoms with van der Waals surface area (Å²) in [5.74, 6) is -1.31. The highest BCUT2D eigenvalue weighted by molar-refractivity contribution is 4.81. The van der Waals surface area contributed by atoms with Crippen LogP contribution < -0.4 is 10.6 Å². The Morgan fingerprint density at radius 3 is 2.47 bits per heavy atom. The van der Waals surface area contributed by atoms with Crippen LogP contribution in [0.25, 0.3) is 0 Å². The SMILES string of the molecule is CNCCCNCC1CCCCC1C(F)(F)F. The van der Waals surface area contributed by atoms with E-state index in [1.165, 1.54) is 0 Å². The molecular formula is C12H23F3N2. The van der Waals surface area contributed by atoms with Crippen LogP contribution in [-0.2, 0) is 0 Å². The van der Waals surface area contributed by atoms with E-state index in [2.05, 4.69) is 10.6 Å². The molecule has 1 aliphatic carbocycles. The molecule has 0 amide bonds. The summed E-state index contributed by atoms with van der Waals surface area (Å²) in [4.78, 5) is 0. The number of nitrogens with one attached hydrogen (secondary N) is 2. The third-order valence-corrected chi connectivity index (χ3v) is 3.52. The molecule has 1 rings (SSSR count). The van der Waals surface area contributed by atoms with Crippen LogP contribution in [-0.4, -0.2) is 32.9 Å². The highest BCUT2D eigenvalue weighted by atomic mass is 19.4. The Kier molecular flexibility index (Phi) is 6.27. The van der Waals surface area contributed by atoms with Gasteiger partial charge in [-0.05, 0) is 51.9 Å². The Morgan fingerprint density at radius 2 is 1.82 bits per heavy atom. The van der Waals surface area contributed by atoms with Gasteiger partial charge in [-0.1, -0.05) is 12.8 Å². The molecule has 0 bridgehead atoms. The van der Waals surface area contributed by atoms with Crippen LogP contribution in [0, 0.1) is 11.8 Å². The van der Waals surface area contributed by atoms with Crippen molar-refractivity contribution < 1.29 is 13.2 Å². The maximum Gasteiger partial charge on any atom is 0.392 e. The average molecular weight is 252 g/mol. The van der Waals surface area contributed by atoms with Crippen LogP contribution in [0.15, 0.2) is 0 Å². The van der Waals surface area contributed by atoms with Gasteiger partial charge in [-0.15, -0.1) is 0 Å². The molecule has 0 aromatic heterocycles. The smallest absolute Gasteiger partial charge is 0.320 e. The molecule has 0 spiro atoms. The zero-order valence-electron chi connectivity index (χ0n) is 10.4. The van der Waals surface area contributed by atoms with Crippen molar-refractivity contribution in [3.05, 3.63) is 0 Å². The number of hydrogen-bond donors (Lipinski definition) is 2. The minimum atomic E-state index is -4.02. The van der Waals surface area contributed by atoms with Gasteiger partial charge < -0.3 is 10.6 Å². The third-order valence-electron chi connectivity index (χ3n) is 3.52.